The summed E-state index contributed by atoms with van der Waals surface area (Å²) in [6.07, 6.45) is 0. The van der Waals surface area contributed by atoms with Crippen molar-refractivity contribution < 1.29 is 17.6 Å². The number of halogens is 2. The number of hydrogen-bond acceptors (Lipinski definition) is 4. The van der Waals surface area contributed by atoms with Crippen LogP contribution in [0.15, 0.2) is 53.4 Å². The summed E-state index contributed by atoms with van der Waals surface area (Å²) in [4.78, 5) is 14.5. The van der Waals surface area contributed by atoms with Crippen LogP contribution in [0.4, 0.5) is 4.39 Å². The maximum absolute atomic E-state index is 13.0. The van der Waals surface area contributed by atoms with E-state index in [0.717, 1.165) is 5.56 Å². The van der Waals surface area contributed by atoms with E-state index in [0.29, 0.717) is 19.6 Å². The number of amides is 1. The van der Waals surface area contributed by atoms with Crippen LogP contribution in [0, 0.1) is 5.82 Å². The van der Waals surface area contributed by atoms with Crippen molar-refractivity contribution in [3.8, 4) is 0 Å². The predicted octanol–water partition coefficient (Wildman–Crippen LogP) is 2.49. The molecule has 1 aliphatic rings. The summed E-state index contributed by atoms with van der Waals surface area (Å²) >= 11 is 6.05. The van der Waals surface area contributed by atoms with Crippen molar-refractivity contribution in [2.24, 2.45) is 0 Å². The summed E-state index contributed by atoms with van der Waals surface area (Å²) < 4.78 is 40.0. The smallest absolute Gasteiger partial charge is 0.244 e. The highest BCUT2D eigenvalue weighted by Gasteiger charge is 2.32. The highest BCUT2D eigenvalue weighted by atomic mass is 35.5. The number of nitrogens with one attached hydrogen (secondary N) is 1. The molecule has 0 aromatic heterocycles. The van der Waals surface area contributed by atoms with Gasteiger partial charge < -0.3 is 5.32 Å². The average molecular weight is 440 g/mol. The molecule has 1 N–H and O–H groups in total. The summed E-state index contributed by atoms with van der Waals surface area (Å²) in [6, 6.07) is 11.9. The van der Waals surface area contributed by atoms with E-state index >= 15 is 0 Å². The summed E-state index contributed by atoms with van der Waals surface area (Å²) in [5.41, 5.74) is 0.808. The van der Waals surface area contributed by atoms with Gasteiger partial charge in [0.15, 0.2) is 0 Å². The molecule has 2 aromatic rings. The molecule has 0 aliphatic carbocycles. The van der Waals surface area contributed by atoms with E-state index in [1.807, 2.05) is 4.90 Å². The van der Waals surface area contributed by atoms with Gasteiger partial charge in [-0.1, -0.05) is 35.9 Å². The first-order valence-electron chi connectivity index (χ1n) is 9.30. The lowest BCUT2D eigenvalue weighted by atomic mass is 10.2. The maximum atomic E-state index is 13.0. The molecule has 0 spiro atoms. The van der Waals surface area contributed by atoms with Crippen LogP contribution in [0.1, 0.15) is 12.5 Å². The zero-order valence-electron chi connectivity index (χ0n) is 16.0. The molecule has 6 nitrogen and oxygen atoms in total. The molecule has 1 unspecified atom stereocenters. The fourth-order valence-corrected chi connectivity index (χ4v) is 5.14. The van der Waals surface area contributed by atoms with Gasteiger partial charge in [-0.25, -0.2) is 12.8 Å². The molecule has 156 valence electrons. The Kier molecular flexibility index (Phi) is 6.89. The lowest BCUT2D eigenvalue weighted by Gasteiger charge is -2.36. The molecule has 2 aromatic carbocycles. The Morgan fingerprint density at radius 2 is 1.72 bits per heavy atom. The first-order chi connectivity index (χ1) is 13.8. The molecule has 9 heteroatoms. The number of nitrogens with zero attached hydrogens (tertiary/aromatic N) is 2. The Labute approximate surface area is 175 Å². The Hall–Kier alpha value is -2.00. The quantitative estimate of drug-likeness (QED) is 0.750. The Bertz CT molecular complexity index is 961. The Morgan fingerprint density at radius 3 is 2.34 bits per heavy atom. The maximum Gasteiger partial charge on any atom is 0.244 e. The summed E-state index contributed by atoms with van der Waals surface area (Å²) in [5, 5.41) is 3.04. The zero-order chi connectivity index (χ0) is 21.0. The minimum Gasteiger partial charge on any atom is -0.351 e. The van der Waals surface area contributed by atoms with E-state index < -0.39 is 16.1 Å². The van der Waals surface area contributed by atoms with Gasteiger partial charge in [0, 0.05) is 32.7 Å². The first kappa shape index (κ1) is 21.7. The van der Waals surface area contributed by atoms with Crippen LogP contribution in [-0.2, 0) is 21.4 Å². The van der Waals surface area contributed by atoms with Crippen molar-refractivity contribution in [1.29, 1.82) is 0 Å². The topological polar surface area (TPSA) is 69.7 Å². The number of rotatable bonds is 6. The highest BCUT2D eigenvalue weighted by Crippen LogP contribution is 2.25. The largest absolute Gasteiger partial charge is 0.351 e. The van der Waals surface area contributed by atoms with Crippen molar-refractivity contribution in [2.45, 2.75) is 24.4 Å². The van der Waals surface area contributed by atoms with E-state index in [1.54, 1.807) is 37.3 Å². The second kappa shape index (κ2) is 9.21. The van der Waals surface area contributed by atoms with Crippen LogP contribution >= 0.6 is 11.6 Å². The predicted molar refractivity (Wildman–Crippen MR) is 109 cm³/mol. The monoisotopic (exact) mass is 439 g/mol. The molecule has 0 bridgehead atoms. The molecular weight excluding hydrogens is 417 g/mol. The second-order valence-electron chi connectivity index (χ2n) is 6.89. The van der Waals surface area contributed by atoms with Gasteiger partial charge in [0.2, 0.25) is 15.9 Å². The Morgan fingerprint density at radius 1 is 1.10 bits per heavy atom. The molecule has 1 amide bonds. The molecule has 29 heavy (non-hydrogen) atoms. The zero-order valence-corrected chi connectivity index (χ0v) is 17.6. The third-order valence-corrected chi connectivity index (χ3v) is 7.43. The Balaban J connectivity index is 1.55. The molecule has 1 saturated heterocycles. The van der Waals surface area contributed by atoms with Gasteiger partial charge >= 0.3 is 0 Å². The third-order valence-electron chi connectivity index (χ3n) is 5.03. The normalized spacial score (nSPS) is 17.1. The van der Waals surface area contributed by atoms with Gasteiger partial charge in [-0.15, -0.1) is 0 Å². The molecule has 0 radical (unpaired) electrons. The SMILES string of the molecule is CC(C(=O)NCc1ccc(F)cc1)N1CCN(S(=O)(=O)c2ccccc2Cl)CC1. The summed E-state index contributed by atoms with van der Waals surface area (Å²) in [7, 11) is -3.67. The standard InChI is InChI=1S/C20H23ClFN3O3S/c1-15(20(26)23-14-16-6-8-17(22)9-7-16)24-10-12-25(13-11-24)29(27,28)19-5-3-2-4-18(19)21/h2-9,15H,10-14H2,1H3,(H,23,26). The van der Waals surface area contributed by atoms with Crippen LogP contribution in [-0.4, -0.2) is 55.8 Å². The van der Waals surface area contributed by atoms with Gasteiger partial charge in [-0.05, 0) is 36.8 Å². The van der Waals surface area contributed by atoms with E-state index in [2.05, 4.69) is 5.32 Å². The number of benzene rings is 2. The van der Waals surface area contributed by atoms with Crippen LogP contribution in [0.5, 0.6) is 0 Å². The van der Waals surface area contributed by atoms with Crippen molar-refractivity contribution in [2.75, 3.05) is 26.2 Å². The number of piperazine rings is 1. The van der Waals surface area contributed by atoms with Gasteiger partial charge in [-0.3, -0.25) is 9.69 Å². The van der Waals surface area contributed by atoms with Gasteiger partial charge in [0.25, 0.3) is 0 Å². The van der Waals surface area contributed by atoms with Crippen LogP contribution in [0.25, 0.3) is 0 Å². The van der Waals surface area contributed by atoms with Crippen LogP contribution in [0.2, 0.25) is 5.02 Å². The summed E-state index contributed by atoms with van der Waals surface area (Å²) in [5.74, 6) is -0.477. The van der Waals surface area contributed by atoms with Crippen molar-refractivity contribution in [3.05, 3.63) is 64.9 Å². The van der Waals surface area contributed by atoms with Gasteiger partial charge in [0.1, 0.15) is 10.7 Å². The average Bonchev–Trinajstić information content (AvgIpc) is 2.73. The lowest BCUT2D eigenvalue weighted by molar-refractivity contribution is -0.126. The molecule has 1 atom stereocenters. The molecule has 0 saturated carbocycles. The van der Waals surface area contributed by atoms with Gasteiger partial charge in [0.05, 0.1) is 11.1 Å². The molecule has 1 fully saturated rings. The summed E-state index contributed by atoms with van der Waals surface area (Å²) in [6.45, 7) is 3.54. The number of carbonyl (C=O) groups is 1. The van der Waals surface area contributed by atoms with E-state index in [-0.39, 0.29) is 34.7 Å². The van der Waals surface area contributed by atoms with Crippen LogP contribution in [0.3, 0.4) is 0 Å². The third kappa shape index (κ3) is 5.14. The second-order valence-corrected chi connectivity index (χ2v) is 9.20. The molecule has 1 heterocycles. The molecular formula is C20H23ClFN3O3S. The van der Waals surface area contributed by atoms with E-state index in [1.165, 1.54) is 22.5 Å². The number of hydrogen-bond donors (Lipinski definition) is 1. The fourth-order valence-electron chi connectivity index (χ4n) is 3.23. The van der Waals surface area contributed by atoms with Crippen LogP contribution < -0.4 is 5.32 Å². The van der Waals surface area contributed by atoms with Gasteiger partial charge in [-0.2, -0.15) is 4.31 Å². The van der Waals surface area contributed by atoms with Crippen molar-refractivity contribution in [1.82, 2.24) is 14.5 Å². The number of carbonyl (C=O) groups excluding carboxylic acids is 1. The fraction of sp³-hybridized carbons (Fsp3) is 0.350. The van der Waals surface area contributed by atoms with E-state index in [4.69, 9.17) is 11.6 Å². The highest BCUT2D eigenvalue weighted by molar-refractivity contribution is 7.89. The van der Waals surface area contributed by atoms with Crippen molar-refractivity contribution in [3.63, 3.8) is 0 Å². The molecule has 1 aliphatic heterocycles. The minimum atomic E-state index is -3.67. The lowest BCUT2D eigenvalue weighted by Crippen LogP contribution is -2.54. The van der Waals surface area contributed by atoms with E-state index in [9.17, 15) is 17.6 Å². The number of sulfonamides is 1. The first-order valence-corrected chi connectivity index (χ1v) is 11.1. The minimum absolute atomic E-state index is 0.0974. The molecule has 3 rings (SSSR count). The van der Waals surface area contributed by atoms with Crippen molar-refractivity contribution >= 4 is 27.5 Å².